The maximum Gasteiger partial charge on any atom is 0.243 e. The minimum absolute atomic E-state index is 0.0494. The van der Waals surface area contributed by atoms with Crippen molar-refractivity contribution in [2.75, 3.05) is 33.4 Å². The quantitative estimate of drug-likeness (QED) is 0.370. The van der Waals surface area contributed by atoms with Crippen molar-refractivity contribution < 1.29 is 17.9 Å². The van der Waals surface area contributed by atoms with Crippen LogP contribution in [0.2, 0.25) is 5.02 Å². The summed E-state index contributed by atoms with van der Waals surface area (Å²) in [6.45, 7) is 6.25. The Hall–Kier alpha value is -3.20. The van der Waals surface area contributed by atoms with Gasteiger partial charge in [-0.15, -0.1) is 0 Å². The molecule has 1 N–H and O–H groups in total. The van der Waals surface area contributed by atoms with Gasteiger partial charge in [0.15, 0.2) is 0 Å². The standard InChI is InChI=1S/C29H34ClN5O4S/c1-22-6-3-10-26(30)28(22)40(37,38)32-27(11-13-35-12-5-9-25(35)19-31)29(36)33(2)20-23-7-4-8-24(18-23)21-34-14-16-39-17-15-34/h3-10,12,18,27,32H,11,13-17,20-21H2,1-2H3. The number of rotatable bonds is 11. The number of aryl methyl sites for hydroxylation is 2. The van der Waals surface area contributed by atoms with Gasteiger partial charge < -0.3 is 14.2 Å². The molecule has 0 bridgehead atoms. The second-order valence-corrected chi connectivity index (χ2v) is 12.0. The van der Waals surface area contributed by atoms with Crippen molar-refractivity contribution >= 4 is 27.5 Å². The first-order valence-corrected chi connectivity index (χ1v) is 15.0. The second-order valence-electron chi connectivity index (χ2n) is 9.95. The Bertz CT molecular complexity index is 1460. The average molecular weight is 584 g/mol. The SMILES string of the molecule is Cc1cccc(Cl)c1S(=O)(=O)NC(CCn1cccc1C#N)C(=O)N(C)Cc1cccc(CN2CCOCC2)c1. The Labute approximate surface area is 241 Å². The Balaban J connectivity index is 1.52. The van der Waals surface area contributed by atoms with E-state index in [0.29, 0.717) is 17.8 Å². The van der Waals surface area contributed by atoms with Gasteiger partial charge in [0.2, 0.25) is 15.9 Å². The van der Waals surface area contributed by atoms with Crippen LogP contribution in [0, 0.1) is 18.3 Å². The molecule has 1 saturated heterocycles. The number of sulfonamides is 1. The lowest BCUT2D eigenvalue weighted by Crippen LogP contribution is -2.47. The number of ether oxygens (including phenoxy) is 1. The van der Waals surface area contributed by atoms with Gasteiger partial charge in [-0.1, -0.05) is 48.0 Å². The Morgan fingerprint density at radius 3 is 2.60 bits per heavy atom. The summed E-state index contributed by atoms with van der Waals surface area (Å²) in [5.41, 5.74) is 3.00. The lowest BCUT2D eigenvalue weighted by molar-refractivity contribution is -0.132. The molecule has 11 heteroatoms. The number of aromatic nitrogens is 1. The van der Waals surface area contributed by atoms with E-state index in [1.54, 1.807) is 49.0 Å². The highest BCUT2D eigenvalue weighted by atomic mass is 35.5. The molecule has 0 saturated carbocycles. The topological polar surface area (TPSA) is 108 Å². The fraction of sp³-hybridized carbons (Fsp3) is 0.379. The second kappa shape index (κ2) is 13.4. The Kier molecular flexibility index (Phi) is 10.0. The maximum absolute atomic E-state index is 13.7. The van der Waals surface area contributed by atoms with Gasteiger partial charge in [0.25, 0.3) is 0 Å². The molecule has 0 aliphatic carbocycles. The van der Waals surface area contributed by atoms with Gasteiger partial charge in [-0.3, -0.25) is 9.69 Å². The number of hydrogen-bond acceptors (Lipinski definition) is 6. The molecule has 1 aliphatic rings. The van der Waals surface area contributed by atoms with Gasteiger partial charge in [0.05, 0.1) is 18.2 Å². The van der Waals surface area contributed by atoms with Crippen molar-refractivity contribution in [3.05, 3.63) is 88.2 Å². The maximum atomic E-state index is 13.7. The molecule has 9 nitrogen and oxygen atoms in total. The zero-order chi connectivity index (χ0) is 28.7. The van der Waals surface area contributed by atoms with E-state index in [9.17, 15) is 18.5 Å². The third kappa shape index (κ3) is 7.50. The van der Waals surface area contributed by atoms with Crippen LogP contribution >= 0.6 is 11.6 Å². The highest BCUT2D eigenvalue weighted by Crippen LogP contribution is 2.25. The lowest BCUT2D eigenvalue weighted by atomic mass is 10.1. The Morgan fingerprint density at radius 1 is 1.15 bits per heavy atom. The molecule has 0 radical (unpaired) electrons. The number of amides is 1. The number of halogens is 1. The van der Waals surface area contributed by atoms with Gasteiger partial charge >= 0.3 is 0 Å². The molecule has 0 spiro atoms. The normalized spacial score (nSPS) is 14.9. The van der Waals surface area contributed by atoms with E-state index < -0.39 is 16.1 Å². The average Bonchev–Trinajstić information content (AvgIpc) is 3.39. The number of nitrogens with zero attached hydrogens (tertiary/aromatic N) is 4. The summed E-state index contributed by atoms with van der Waals surface area (Å²) in [5.74, 6) is -0.377. The molecule has 3 aromatic rings. The molecular formula is C29H34ClN5O4S. The van der Waals surface area contributed by atoms with E-state index in [1.807, 2.05) is 12.1 Å². The van der Waals surface area contributed by atoms with Gasteiger partial charge in [0.1, 0.15) is 22.7 Å². The fourth-order valence-electron chi connectivity index (χ4n) is 4.88. The van der Waals surface area contributed by atoms with E-state index in [2.05, 4.69) is 27.8 Å². The van der Waals surface area contributed by atoms with Gasteiger partial charge in [0, 0.05) is 46.0 Å². The van der Waals surface area contributed by atoms with E-state index in [1.165, 1.54) is 11.0 Å². The van der Waals surface area contributed by atoms with Crippen LogP contribution in [0.15, 0.2) is 65.7 Å². The fourth-order valence-corrected chi connectivity index (χ4v) is 6.93. The number of carbonyl (C=O) groups excluding carboxylic acids is 1. The zero-order valence-corrected chi connectivity index (χ0v) is 24.3. The van der Waals surface area contributed by atoms with Crippen LogP contribution in [-0.4, -0.2) is 68.1 Å². The third-order valence-electron chi connectivity index (χ3n) is 6.93. The van der Waals surface area contributed by atoms with Crippen LogP contribution in [0.1, 0.15) is 28.8 Å². The summed E-state index contributed by atoms with van der Waals surface area (Å²) in [6.07, 6.45) is 1.88. The largest absolute Gasteiger partial charge is 0.379 e. The van der Waals surface area contributed by atoms with Crippen molar-refractivity contribution in [2.24, 2.45) is 0 Å². The highest BCUT2D eigenvalue weighted by molar-refractivity contribution is 7.89. The molecular weight excluding hydrogens is 550 g/mol. The van der Waals surface area contributed by atoms with Crippen LogP contribution in [0.4, 0.5) is 0 Å². The highest BCUT2D eigenvalue weighted by Gasteiger charge is 2.30. The first kappa shape index (κ1) is 29.8. The minimum atomic E-state index is -4.12. The summed E-state index contributed by atoms with van der Waals surface area (Å²) in [6, 6.07) is 17.4. The van der Waals surface area contributed by atoms with Crippen LogP contribution in [0.5, 0.6) is 0 Å². The van der Waals surface area contributed by atoms with Crippen LogP contribution in [-0.2, 0) is 39.2 Å². The zero-order valence-electron chi connectivity index (χ0n) is 22.7. The molecule has 1 aliphatic heterocycles. The minimum Gasteiger partial charge on any atom is -0.379 e. The summed E-state index contributed by atoms with van der Waals surface area (Å²) in [7, 11) is -2.46. The van der Waals surface area contributed by atoms with E-state index in [0.717, 1.165) is 44.0 Å². The number of nitrogens with one attached hydrogen (secondary N) is 1. The summed E-state index contributed by atoms with van der Waals surface area (Å²) in [5, 5.41) is 9.46. The number of morpholine rings is 1. The summed E-state index contributed by atoms with van der Waals surface area (Å²) >= 11 is 6.26. The van der Waals surface area contributed by atoms with Gasteiger partial charge in [-0.2, -0.15) is 9.98 Å². The molecule has 212 valence electrons. The molecule has 4 rings (SSSR count). The number of carbonyl (C=O) groups is 1. The lowest BCUT2D eigenvalue weighted by Gasteiger charge is -2.27. The van der Waals surface area contributed by atoms with Gasteiger partial charge in [-0.25, -0.2) is 8.42 Å². The van der Waals surface area contributed by atoms with Crippen LogP contribution in [0.25, 0.3) is 0 Å². The van der Waals surface area contributed by atoms with E-state index in [4.69, 9.17) is 16.3 Å². The van der Waals surface area contributed by atoms with Crippen LogP contribution in [0.3, 0.4) is 0 Å². The number of hydrogen-bond donors (Lipinski definition) is 1. The monoisotopic (exact) mass is 583 g/mol. The molecule has 1 unspecified atom stereocenters. The van der Waals surface area contributed by atoms with Crippen molar-refractivity contribution in [1.29, 1.82) is 5.26 Å². The molecule has 2 aromatic carbocycles. The predicted octanol–water partition coefficient (Wildman–Crippen LogP) is 3.55. The Morgan fingerprint density at radius 2 is 1.88 bits per heavy atom. The van der Waals surface area contributed by atoms with Crippen molar-refractivity contribution in [1.82, 2.24) is 19.1 Å². The number of likely N-dealkylation sites (N-methyl/N-ethyl adjacent to an activating group) is 1. The number of benzene rings is 2. The molecule has 1 fully saturated rings. The van der Waals surface area contributed by atoms with Crippen molar-refractivity contribution in [3.8, 4) is 6.07 Å². The van der Waals surface area contributed by atoms with E-state index in [-0.39, 0.29) is 28.8 Å². The molecule has 40 heavy (non-hydrogen) atoms. The summed E-state index contributed by atoms with van der Waals surface area (Å²) in [4.78, 5) is 17.5. The van der Waals surface area contributed by atoms with E-state index >= 15 is 0 Å². The molecule has 1 aromatic heterocycles. The van der Waals surface area contributed by atoms with Crippen molar-refractivity contribution in [2.45, 2.75) is 43.9 Å². The molecule has 2 heterocycles. The molecule has 1 amide bonds. The first-order chi connectivity index (χ1) is 19.2. The van der Waals surface area contributed by atoms with Gasteiger partial charge in [-0.05, 0) is 48.2 Å². The molecule has 1 atom stereocenters. The third-order valence-corrected chi connectivity index (χ3v) is 9.03. The number of nitriles is 1. The first-order valence-electron chi connectivity index (χ1n) is 13.1. The summed E-state index contributed by atoms with van der Waals surface area (Å²) < 4.78 is 36.6. The smallest absolute Gasteiger partial charge is 0.243 e. The van der Waals surface area contributed by atoms with Crippen LogP contribution < -0.4 is 4.72 Å². The predicted molar refractivity (Wildman–Crippen MR) is 153 cm³/mol. The van der Waals surface area contributed by atoms with Crippen molar-refractivity contribution in [3.63, 3.8) is 0 Å².